The molecule has 0 aliphatic rings. The van der Waals surface area contributed by atoms with Crippen molar-refractivity contribution in [2.24, 2.45) is 0 Å². The molecule has 0 aliphatic heterocycles. The van der Waals surface area contributed by atoms with Crippen LogP contribution in [0.25, 0.3) is 11.5 Å². The van der Waals surface area contributed by atoms with Crippen molar-refractivity contribution in [2.75, 3.05) is 5.73 Å². The van der Waals surface area contributed by atoms with Crippen molar-refractivity contribution in [3.05, 3.63) is 41.9 Å². The monoisotopic (exact) mass is 256 g/mol. The lowest BCUT2D eigenvalue weighted by Crippen LogP contribution is -2.00. The molecule has 0 fully saturated rings. The van der Waals surface area contributed by atoms with Gasteiger partial charge in [0.05, 0.1) is 6.20 Å². The summed E-state index contributed by atoms with van der Waals surface area (Å²) >= 11 is 0. The van der Waals surface area contributed by atoms with Gasteiger partial charge < -0.3 is 10.2 Å². The number of rotatable bonds is 3. The lowest BCUT2D eigenvalue weighted by Gasteiger charge is -1.95. The van der Waals surface area contributed by atoms with Crippen LogP contribution in [-0.2, 0) is 6.54 Å². The summed E-state index contributed by atoms with van der Waals surface area (Å²) in [6.07, 6.45) is 1.61. The van der Waals surface area contributed by atoms with Gasteiger partial charge in [-0.1, -0.05) is 22.9 Å². The zero-order chi connectivity index (χ0) is 13.2. The third kappa shape index (κ3) is 2.44. The highest BCUT2D eigenvalue weighted by molar-refractivity contribution is 5.52. The largest absolute Gasteiger partial charge is 0.419 e. The molecule has 0 radical (unpaired) electrons. The van der Waals surface area contributed by atoms with E-state index >= 15 is 0 Å². The first kappa shape index (κ1) is 11.4. The Morgan fingerprint density at radius 2 is 1.95 bits per heavy atom. The van der Waals surface area contributed by atoms with Gasteiger partial charge in [0.2, 0.25) is 11.8 Å². The van der Waals surface area contributed by atoms with Gasteiger partial charge in [-0.25, -0.2) is 4.68 Å². The average molecular weight is 256 g/mol. The Labute approximate surface area is 109 Å². The summed E-state index contributed by atoms with van der Waals surface area (Å²) in [7, 11) is 0. The molecule has 2 N–H and O–H groups in total. The lowest BCUT2D eigenvalue weighted by atomic mass is 10.1. The summed E-state index contributed by atoms with van der Waals surface area (Å²) in [5, 5.41) is 15.5. The topological polar surface area (TPSA) is 95.7 Å². The van der Waals surface area contributed by atoms with Crippen LogP contribution in [0.15, 0.2) is 34.9 Å². The molecule has 19 heavy (non-hydrogen) atoms. The smallest absolute Gasteiger partial charge is 0.247 e. The van der Waals surface area contributed by atoms with Crippen molar-refractivity contribution >= 4 is 5.82 Å². The van der Waals surface area contributed by atoms with Crippen molar-refractivity contribution in [1.29, 1.82) is 0 Å². The molecule has 7 heteroatoms. The Morgan fingerprint density at radius 1 is 1.16 bits per heavy atom. The Morgan fingerprint density at radius 3 is 2.63 bits per heavy atom. The number of anilines is 1. The maximum Gasteiger partial charge on any atom is 0.247 e. The molecule has 0 saturated heterocycles. The van der Waals surface area contributed by atoms with E-state index in [0.717, 1.165) is 5.56 Å². The van der Waals surface area contributed by atoms with Crippen molar-refractivity contribution in [3.63, 3.8) is 0 Å². The first-order chi connectivity index (χ1) is 9.20. The van der Waals surface area contributed by atoms with E-state index in [1.807, 2.05) is 31.2 Å². The number of nitrogens with zero attached hydrogens (tertiary/aromatic N) is 5. The van der Waals surface area contributed by atoms with E-state index in [0.29, 0.717) is 24.1 Å². The molecule has 0 bridgehead atoms. The normalized spacial score (nSPS) is 10.8. The second-order valence-corrected chi connectivity index (χ2v) is 4.21. The molecule has 96 valence electrons. The summed E-state index contributed by atoms with van der Waals surface area (Å²) < 4.78 is 7.11. The van der Waals surface area contributed by atoms with Crippen LogP contribution in [0, 0.1) is 6.92 Å². The molecule has 0 unspecified atom stereocenters. The van der Waals surface area contributed by atoms with Gasteiger partial charge in [-0.05, 0) is 19.1 Å². The third-order valence-corrected chi connectivity index (χ3v) is 2.62. The summed E-state index contributed by atoms with van der Waals surface area (Å²) in [6.45, 7) is 2.38. The maximum atomic E-state index is 5.57. The second-order valence-electron chi connectivity index (χ2n) is 4.21. The highest BCUT2D eigenvalue weighted by Crippen LogP contribution is 2.18. The number of benzene rings is 1. The molecule has 1 aromatic carbocycles. The fourth-order valence-electron chi connectivity index (χ4n) is 1.66. The van der Waals surface area contributed by atoms with E-state index in [1.165, 1.54) is 5.56 Å². The Hall–Kier alpha value is -2.70. The zero-order valence-corrected chi connectivity index (χ0v) is 10.3. The molecule has 0 aliphatic carbocycles. The summed E-state index contributed by atoms with van der Waals surface area (Å²) in [5.41, 5.74) is 7.55. The highest BCUT2D eigenvalue weighted by Gasteiger charge is 2.09. The van der Waals surface area contributed by atoms with Gasteiger partial charge in [0, 0.05) is 5.56 Å². The van der Waals surface area contributed by atoms with Crippen LogP contribution < -0.4 is 5.73 Å². The van der Waals surface area contributed by atoms with Crippen molar-refractivity contribution < 1.29 is 4.42 Å². The van der Waals surface area contributed by atoms with Crippen molar-refractivity contribution in [2.45, 2.75) is 13.5 Å². The minimum atomic E-state index is 0.350. The van der Waals surface area contributed by atoms with Gasteiger partial charge in [-0.3, -0.25) is 0 Å². The Bertz CT molecular complexity index is 684. The fraction of sp³-hybridized carbons (Fsp3) is 0.167. The second kappa shape index (κ2) is 4.52. The summed E-state index contributed by atoms with van der Waals surface area (Å²) in [6, 6.07) is 7.88. The molecule has 3 aromatic rings. The van der Waals surface area contributed by atoms with Crippen LogP contribution in [0.2, 0.25) is 0 Å². The van der Waals surface area contributed by atoms with Crippen LogP contribution in [0.3, 0.4) is 0 Å². The molecule has 7 nitrogen and oxygen atoms in total. The number of hydrogen-bond acceptors (Lipinski definition) is 6. The van der Waals surface area contributed by atoms with E-state index in [4.69, 9.17) is 10.2 Å². The fourth-order valence-corrected chi connectivity index (χ4v) is 1.66. The van der Waals surface area contributed by atoms with E-state index in [9.17, 15) is 0 Å². The van der Waals surface area contributed by atoms with E-state index in [2.05, 4.69) is 20.5 Å². The van der Waals surface area contributed by atoms with Gasteiger partial charge in [0.15, 0.2) is 5.82 Å². The Balaban J connectivity index is 1.81. The molecule has 0 amide bonds. The number of nitrogen functional groups attached to an aromatic ring is 1. The van der Waals surface area contributed by atoms with Gasteiger partial charge >= 0.3 is 0 Å². The average Bonchev–Trinajstić information content (AvgIpc) is 3.00. The minimum absolute atomic E-state index is 0.350. The first-order valence-corrected chi connectivity index (χ1v) is 5.76. The molecule has 0 saturated carbocycles. The van der Waals surface area contributed by atoms with Crippen LogP contribution in [0.1, 0.15) is 11.5 Å². The Kier molecular flexibility index (Phi) is 2.71. The van der Waals surface area contributed by atoms with E-state index in [1.54, 1.807) is 10.9 Å². The van der Waals surface area contributed by atoms with Gasteiger partial charge in [-0.15, -0.1) is 15.3 Å². The van der Waals surface area contributed by atoms with Crippen LogP contribution in [-0.4, -0.2) is 25.2 Å². The standard InChI is InChI=1S/C12H12N6O/c1-8-2-4-9(5-3-8)12-16-15-11(19-12)7-18-6-10(13)14-17-18/h2-6H,7,13H2,1H3. The number of aryl methyl sites for hydroxylation is 1. The SMILES string of the molecule is Cc1ccc(-c2nnc(Cn3cc(N)nn3)o2)cc1. The quantitative estimate of drug-likeness (QED) is 0.758. The van der Waals surface area contributed by atoms with E-state index in [-0.39, 0.29) is 0 Å². The van der Waals surface area contributed by atoms with Crippen molar-refractivity contribution in [3.8, 4) is 11.5 Å². The van der Waals surface area contributed by atoms with Gasteiger partial charge in [-0.2, -0.15) is 0 Å². The maximum absolute atomic E-state index is 5.57. The van der Waals surface area contributed by atoms with Crippen molar-refractivity contribution in [1.82, 2.24) is 25.2 Å². The van der Waals surface area contributed by atoms with E-state index < -0.39 is 0 Å². The molecule has 2 heterocycles. The van der Waals surface area contributed by atoms with Crippen LogP contribution in [0.5, 0.6) is 0 Å². The summed E-state index contributed by atoms with van der Waals surface area (Å²) in [5.74, 6) is 1.31. The number of aromatic nitrogens is 5. The number of hydrogen-bond donors (Lipinski definition) is 1. The van der Waals surface area contributed by atoms with Crippen LogP contribution in [0.4, 0.5) is 5.82 Å². The predicted octanol–water partition coefficient (Wildman–Crippen LogP) is 1.27. The lowest BCUT2D eigenvalue weighted by molar-refractivity contribution is 0.469. The highest BCUT2D eigenvalue weighted by atomic mass is 16.4. The van der Waals surface area contributed by atoms with Crippen LogP contribution >= 0.6 is 0 Å². The van der Waals surface area contributed by atoms with Gasteiger partial charge in [0.25, 0.3) is 0 Å². The number of nitrogens with two attached hydrogens (primary N) is 1. The molecular formula is C12H12N6O. The molecule has 3 rings (SSSR count). The van der Waals surface area contributed by atoms with Gasteiger partial charge in [0.1, 0.15) is 6.54 Å². The molecule has 0 atom stereocenters. The minimum Gasteiger partial charge on any atom is -0.419 e. The molecule has 0 spiro atoms. The first-order valence-electron chi connectivity index (χ1n) is 5.76. The molecule has 2 aromatic heterocycles. The third-order valence-electron chi connectivity index (χ3n) is 2.62. The molecular weight excluding hydrogens is 244 g/mol. The summed E-state index contributed by atoms with van der Waals surface area (Å²) in [4.78, 5) is 0. The zero-order valence-electron chi connectivity index (χ0n) is 10.3. The predicted molar refractivity (Wildman–Crippen MR) is 68.0 cm³/mol.